The molecule has 0 unspecified atom stereocenters. The Morgan fingerprint density at radius 2 is 1.74 bits per heavy atom. The number of nitrogens with one attached hydrogen (secondary N) is 3. The molecule has 0 fully saturated rings. The molecule has 0 aliphatic heterocycles. The van der Waals surface area contributed by atoms with Gasteiger partial charge in [-0.05, 0) is 24.5 Å². The summed E-state index contributed by atoms with van der Waals surface area (Å²) in [5.74, 6) is 0.745. The van der Waals surface area contributed by atoms with Crippen molar-refractivity contribution in [3.8, 4) is 0 Å². The highest BCUT2D eigenvalue weighted by atomic mass is 127. The summed E-state index contributed by atoms with van der Waals surface area (Å²) in [4.78, 5) is 4.13. The van der Waals surface area contributed by atoms with E-state index in [2.05, 4.69) is 39.4 Å². The van der Waals surface area contributed by atoms with Crippen molar-refractivity contribution in [3.05, 3.63) is 35.4 Å². The molecule has 1 aromatic rings. The lowest BCUT2D eigenvalue weighted by molar-refractivity contribution is 0.582. The molecule has 0 amide bonds. The van der Waals surface area contributed by atoms with E-state index in [4.69, 9.17) is 0 Å². The second-order valence-corrected chi connectivity index (χ2v) is 6.87. The monoisotopic (exact) mass is 454 g/mol. The maximum absolute atomic E-state index is 11.3. The van der Waals surface area contributed by atoms with Gasteiger partial charge < -0.3 is 10.6 Å². The molecule has 0 aliphatic carbocycles. The van der Waals surface area contributed by atoms with Gasteiger partial charge in [0.2, 0.25) is 10.0 Å². The van der Waals surface area contributed by atoms with E-state index in [0.29, 0.717) is 25.6 Å². The Morgan fingerprint density at radius 3 is 2.30 bits per heavy atom. The molecule has 0 radical (unpaired) electrons. The molecule has 132 valence electrons. The van der Waals surface area contributed by atoms with Crippen molar-refractivity contribution < 1.29 is 8.42 Å². The molecule has 6 nitrogen and oxygen atoms in total. The number of benzene rings is 1. The maximum Gasteiger partial charge on any atom is 0.211 e. The highest BCUT2D eigenvalue weighted by Crippen LogP contribution is 2.08. The average molecular weight is 454 g/mol. The fraction of sp³-hybridized carbons (Fsp3) is 0.533. The third-order valence-corrected chi connectivity index (χ3v) is 4.69. The number of rotatable bonds is 8. The molecule has 0 saturated heterocycles. The Hall–Kier alpha value is -0.870. The van der Waals surface area contributed by atoms with Crippen molar-refractivity contribution in [1.29, 1.82) is 0 Å². The summed E-state index contributed by atoms with van der Waals surface area (Å²) in [6.45, 7) is 5.24. The Morgan fingerprint density at radius 1 is 1.09 bits per heavy atom. The van der Waals surface area contributed by atoms with Crippen LogP contribution in [-0.4, -0.2) is 40.3 Å². The van der Waals surface area contributed by atoms with Gasteiger partial charge in [-0.25, -0.2) is 13.1 Å². The van der Waals surface area contributed by atoms with Crippen LogP contribution in [0.2, 0.25) is 0 Å². The number of nitrogens with zero attached hydrogens (tertiary/aromatic N) is 1. The molecule has 0 aliphatic rings. The zero-order valence-corrected chi connectivity index (χ0v) is 17.1. The van der Waals surface area contributed by atoms with Crippen molar-refractivity contribution in [2.24, 2.45) is 4.99 Å². The van der Waals surface area contributed by atoms with Gasteiger partial charge in [0.15, 0.2) is 5.96 Å². The first-order valence-corrected chi connectivity index (χ1v) is 9.16. The van der Waals surface area contributed by atoms with Crippen LogP contribution in [0.1, 0.15) is 25.0 Å². The van der Waals surface area contributed by atoms with E-state index in [9.17, 15) is 8.42 Å². The minimum Gasteiger partial charge on any atom is -0.355 e. The molecule has 3 N–H and O–H groups in total. The van der Waals surface area contributed by atoms with Crippen LogP contribution in [0.25, 0.3) is 0 Å². The van der Waals surface area contributed by atoms with Crippen LogP contribution in [0.3, 0.4) is 0 Å². The van der Waals surface area contributed by atoms with Crippen molar-refractivity contribution in [3.63, 3.8) is 0 Å². The second-order valence-electron chi connectivity index (χ2n) is 4.77. The van der Waals surface area contributed by atoms with E-state index in [0.717, 1.165) is 6.42 Å². The maximum atomic E-state index is 11.3. The minimum atomic E-state index is -3.14. The number of guanidine groups is 1. The second kappa shape index (κ2) is 11.6. The van der Waals surface area contributed by atoms with E-state index in [1.807, 2.05) is 12.1 Å². The number of hydrogen-bond donors (Lipinski definition) is 3. The summed E-state index contributed by atoms with van der Waals surface area (Å²) in [6.07, 6.45) is 0.989. The Labute approximate surface area is 156 Å². The van der Waals surface area contributed by atoms with E-state index in [-0.39, 0.29) is 29.7 Å². The van der Waals surface area contributed by atoms with Crippen LogP contribution >= 0.6 is 24.0 Å². The number of sulfonamides is 1. The molecular weight excluding hydrogens is 427 g/mol. The first-order valence-electron chi connectivity index (χ1n) is 7.51. The van der Waals surface area contributed by atoms with Crippen LogP contribution in [0, 0.1) is 0 Å². The molecule has 0 aromatic heterocycles. The predicted octanol–water partition coefficient (Wildman–Crippen LogP) is 1.47. The number of aryl methyl sites for hydroxylation is 1. The number of hydrogen-bond acceptors (Lipinski definition) is 3. The van der Waals surface area contributed by atoms with Crippen LogP contribution in [-0.2, 0) is 23.0 Å². The third-order valence-electron chi connectivity index (χ3n) is 3.29. The molecule has 1 aromatic carbocycles. The van der Waals surface area contributed by atoms with Crippen molar-refractivity contribution >= 4 is 40.0 Å². The number of halogens is 1. The van der Waals surface area contributed by atoms with Crippen molar-refractivity contribution in [2.75, 3.05) is 25.9 Å². The molecule has 0 heterocycles. The van der Waals surface area contributed by atoms with Crippen LogP contribution in [0.15, 0.2) is 29.3 Å². The fourth-order valence-electron chi connectivity index (χ4n) is 1.96. The Balaban J connectivity index is 0.00000484. The van der Waals surface area contributed by atoms with E-state index >= 15 is 0 Å². The normalized spacial score (nSPS) is 11.7. The minimum absolute atomic E-state index is 0. The van der Waals surface area contributed by atoms with Gasteiger partial charge in [-0.3, -0.25) is 4.99 Å². The van der Waals surface area contributed by atoms with Crippen LogP contribution in [0.4, 0.5) is 0 Å². The zero-order chi connectivity index (χ0) is 16.4. The first-order chi connectivity index (χ1) is 10.5. The van der Waals surface area contributed by atoms with Gasteiger partial charge in [0.05, 0.1) is 5.75 Å². The quantitative estimate of drug-likeness (QED) is 0.241. The summed E-state index contributed by atoms with van der Waals surface area (Å²) in [7, 11) is -1.45. The standard InChI is InChI=1S/C15H26N4O2S.HI/c1-4-13-8-6-7-9-14(13)12-18-15(16-3)17-10-11-19-22(20,21)5-2;/h6-9,19H,4-5,10-12H2,1-3H3,(H2,16,17,18);1H. The first kappa shape index (κ1) is 22.1. The summed E-state index contributed by atoms with van der Waals surface area (Å²) in [5.41, 5.74) is 2.54. The molecule has 1 rings (SSSR count). The van der Waals surface area contributed by atoms with Gasteiger partial charge in [0, 0.05) is 26.7 Å². The van der Waals surface area contributed by atoms with Gasteiger partial charge in [0.25, 0.3) is 0 Å². The smallest absolute Gasteiger partial charge is 0.211 e. The van der Waals surface area contributed by atoms with E-state index in [1.54, 1.807) is 14.0 Å². The SMILES string of the molecule is CCc1ccccc1CNC(=NC)NCCNS(=O)(=O)CC.I. The lowest BCUT2D eigenvalue weighted by Gasteiger charge is -2.14. The van der Waals surface area contributed by atoms with Gasteiger partial charge in [-0.2, -0.15) is 0 Å². The third kappa shape index (κ3) is 8.52. The highest BCUT2D eigenvalue weighted by molar-refractivity contribution is 14.0. The van der Waals surface area contributed by atoms with Crippen LogP contribution < -0.4 is 15.4 Å². The van der Waals surface area contributed by atoms with Crippen LogP contribution in [0.5, 0.6) is 0 Å². The fourth-order valence-corrected chi connectivity index (χ4v) is 2.58. The average Bonchev–Trinajstić information content (AvgIpc) is 2.54. The topological polar surface area (TPSA) is 82.6 Å². The summed E-state index contributed by atoms with van der Waals surface area (Å²) < 4.78 is 25.1. The molecule has 0 saturated carbocycles. The Bertz CT molecular complexity index is 591. The van der Waals surface area contributed by atoms with Gasteiger partial charge in [-0.1, -0.05) is 31.2 Å². The summed E-state index contributed by atoms with van der Waals surface area (Å²) in [6, 6.07) is 8.27. The predicted molar refractivity (Wildman–Crippen MR) is 107 cm³/mol. The van der Waals surface area contributed by atoms with Crippen molar-refractivity contribution in [1.82, 2.24) is 15.4 Å². The van der Waals surface area contributed by atoms with Gasteiger partial charge in [-0.15, -0.1) is 24.0 Å². The zero-order valence-electron chi connectivity index (χ0n) is 13.9. The van der Waals surface area contributed by atoms with Gasteiger partial charge >= 0.3 is 0 Å². The molecule has 8 heteroatoms. The van der Waals surface area contributed by atoms with E-state index < -0.39 is 10.0 Å². The lowest BCUT2D eigenvalue weighted by atomic mass is 10.1. The highest BCUT2D eigenvalue weighted by Gasteiger charge is 2.05. The molecule has 23 heavy (non-hydrogen) atoms. The molecular formula is C15H27IN4O2S. The van der Waals surface area contributed by atoms with Gasteiger partial charge in [0.1, 0.15) is 0 Å². The molecule has 0 spiro atoms. The molecule has 0 atom stereocenters. The lowest BCUT2D eigenvalue weighted by Crippen LogP contribution is -2.41. The number of aliphatic imine (C=N–C) groups is 1. The molecule has 0 bridgehead atoms. The van der Waals surface area contributed by atoms with E-state index in [1.165, 1.54) is 11.1 Å². The van der Waals surface area contributed by atoms with Crippen molar-refractivity contribution in [2.45, 2.75) is 26.8 Å². The summed E-state index contributed by atoms with van der Waals surface area (Å²) >= 11 is 0. The Kier molecular flexibility index (Phi) is 11.2. The largest absolute Gasteiger partial charge is 0.355 e. The summed E-state index contributed by atoms with van der Waals surface area (Å²) in [5, 5.41) is 6.32.